The van der Waals surface area contributed by atoms with Gasteiger partial charge in [0.2, 0.25) is 0 Å². The van der Waals surface area contributed by atoms with Gasteiger partial charge in [0.1, 0.15) is 0 Å². The minimum atomic E-state index is 0.132. The predicted molar refractivity (Wildman–Crippen MR) is 56.1 cm³/mol. The van der Waals surface area contributed by atoms with Gasteiger partial charge in [-0.05, 0) is 18.5 Å². The van der Waals surface area contributed by atoms with E-state index in [9.17, 15) is 0 Å². The molecule has 1 nitrogen and oxygen atoms in total. The molecule has 1 aromatic carbocycles. The van der Waals surface area contributed by atoms with Crippen molar-refractivity contribution in [1.29, 1.82) is 0 Å². The molecule has 1 N–H and O–H groups in total. The number of hydrogen-bond donors (Lipinski definition) is 2. The minimum Gasteiger partial charge on any atom is -0.302 e. The number of benzene rings is 1. The highest BCUT2D eigenvalue weighted by atomic mass is 32.1. The Morgan fingerprint density at radius 2 is 2.00 bits per heavy atom. The van der Waals surface area contributed by atoms with E-state index in [0.717, 1.165) is 13.0 Å². The van der Waals surface area contributed by atoms with Crippen molar-refractivity contribution in [3.05, 3.63) is 42.8 Å². The van der Waals surface area contributed by atoms with Gasteiger partial charge in [0.05, 0.1) is 5.37 Å². The molecule has 0 aliphatic heterocycles. The Kier molecular flexibility index (Phi) is 4.19. The number of thiol groups is 1. The molecule has 0 fully saturated rings. The molecule has 0 saturated heterocycles. The van der Waals surface area contributed by atoms with Gasteiger partial charge in [0, 0.05) is 0 Å². The molecule has 12 heavy (non-hydrogen) atoms. The third kappa shape index (κ3) is 2.88. The van der Waals surface area contributed by atoms with Gasteiger partial charge in [-0.3, -0.25) is 0 Å². The first-order chi connectivity index (χ1) is 5.84. The van der Waals surface area contributed by atoms with Crippen molar-refractivity contribution in [3.63, 3.8) is 0 Å². The highest BCUT2D eigenvalue weighted by Gasteiger charge is 2.01. The molecule has 0 aliphatic rings. The van der Waals surface area contributed by atoms with Gasteiger partial charge in [-0.1, -0.05) is 37.3 Å². The average molecular weight is 180 g/mol. The molecule has 0 aliphatic carbocycles. The van der Waals surface area contributed by atoms with Crippen LogP contribution in [0.5, 0.6) is 0 Å². The van der Waals surface area contributed by atoms with Crippen molar-refractivity contribution in [2.75, 3.05) is 6.54 Å². The Labute approximate surface area is 79.6 Å². The van der Waals surface area contributed by atoms with Gasteiger partial charge >= 0.3 is 0 Å². The second kappa shape index (κ2) is 5.22. The van der Waals surface area contributed by atoms with Crippen LogP contribution in [-0.2, 0) is 0 Å². The Hall–Kier alpha value is -0.470. The highest BCUT2D eigenvalue weighted by molar-refractivity contribution is 7.80. The van der Waals surface area contributed by atoms with Crippen LogP contribution < -0.4 is 5.32 Å². The van der Waals surface area contributed by atoms with Crippen molar-refractivity contribution >= 4 is 12.6 Å². The summed E-state index contributed by atoms with van der Waals surface area (Å²) in [6.07, 6.45) is 0.893. The lowest BCUT2D eigenvalue weighted by molar-refractivity contribution is 0.683. The van der Waals surface area contributed by atoms with E-state index < -0.39 is 0 Å². The summed E-state index contributed by atoms with van der Waals surface area (Å²) in [5.41, 5.74) is 1.20. The van der Waals surface area contributed by atoms with Gasteiger partial charge in [-0.2, -0.15) is 12.6 Å². The van der Waals surface area contributed by atoms with Crippen LogP contribution in [0.15, 0.2) is 30.3 Å². The number of hydrogen-bond acceptors (Lipinski definition) is 2. The standard InChI is InChI=1S/C10H14NS/c1-2-8-11-10(12)9-6-4-3-5-7-9/h3-7,10-12H,1-2,8H2. The minimum absolute atomic E-state index is 0.132. The molecule has 1 rings (SSSR count). The van der Waals surface area contributed by atoms with Gasteiger partial charge in [-0.15, -0.1) is 0 Å². The molecule has 0 amide bonds. The van der Waals surface area contributed by atoms with E-state index in [0.29, 0.717) is 0 Å². The second-order valence-electron chi connectivity index (χ2n) is 2.62. The lowest BCUT2D eigenvalue weighted by Crippen LogP contribution is -2.17. The quantitative estimate of drug-likeness (QED) is 0.535. The Balaban J connectivity index is 2.48. The lowest BCUT2D eigenvalue weighted by Gasteiger charge is -2.11. The molecule has 1 atom stereocenters. The van der Waals surface area contributed by atoms with Crippen molar-refractivity contribution in [2.45, 2.75) is 11.8 Å². The maximum absolute atomic E-state index is 4.41. The number of rotatable bonds is 4. The van der Waals surface area contributed by atoms with E-state index in [-0.39, 0.29) is 5.37 Å². The largest absolute Gasteiger partial charge is 0.302 e. The van der Waals surface area contributed by atoms with Crippen LogP contribution >= 0.6 is 12.6 Å². The normalized spacial score (nSPS) is 12.8. The molecule has 1 unspecified atom stereocenters. The molecule has 0 heterocycles. The monoisotopic (exact) mass is 180 g/mol. The van der Waals surface area contributed by atoms with Crippen LogP contribution in [0, 0.1) is 6.92 Å². The lowest BCUT2D eigenvalue weighted by atomic mass is 10.2. The second-order valence-corrected chi connectivity index (χ2v) is 3.14. The Morgan fingerprint density at radius 3 is 2.58 bits per heavy atom. The van der Waals surface area contributed by atoms with Crippen molar-refractivity contribution in [2.24, 2.45) is 0 Å². The van der Waals surface area contributed by atoms with Crippen LogP contribution in [0.25, 0.3) is 0 Å². The fourth-order valence-corrected chi connectivity index (χ4v) is 1.29. The molecule has 65 valence electrons. The van der Waals surface area contributed by atoms with Crippen LogP contribution in [-0.4, -0.2) is 6.54 Å². The Bertz CT molecular complexity index is 210. The third-order valence-electron chi connectivity index (χ3n) is 1.63. The first kappa shape index (κ1) is 9.62. The summed E-state index contributed by atoms with van der Waals surface area (Å²) in [6, 6.07) is 10.2. The molecule has 0 aromatic heterocycles. The van der Waals surface area contributed by atoms with Crippen LogP contribution in [0.2, 0.25) is 0 Å². The van der Waals surface area contributed by atoms with Crippen LogP contribution in [0.3, 0.4) is 0 Å². The fourth-order valence-electron chi connectivity index (χ4n) is 0.992. The number of nitrogens with one attached hydrogen (secondary N) is 1. The molecular weight excluding hydrogens is 166 g/mol. The summed E-state index contributed by atoms with van der Waals surface area (Å²) in [4.78, 5) is 0. The van der Waals surface area contributed by atoms with E-state index in [1.54, 1.807) is 0 Å². The molecule has 1 aromatic rings. The van der Waals surface area contributed by atoms with E-state index in [1.807, 2.05) is 18.2 Å². The smallest absolute Gasteiger partial charge is 0.0759 e. The topological polar surface area (TPSA) is 12.0 Å². The summed E-state index contributed by atoms with van der Waals surface area (Å²) in [5.74, 6) is 0. The summed E-state index contributed by atoms with van der Waals surface area (Å²) >= 11 is 4.41. The fraction of sp³-hybridized carbons (Fsp3) is 0.300. The molecule has 2 heteroatoms. The summed E-state index contributed by atoms with van der Waals surface area (Å²) in [5, 5.41) is 3.38. The van der Waals surface area contributed by atoms with Gasteiger partial charge in [0.25, 0.3) is 0 Å². The maximum atomic E-state index is 4.41. The molecule has 0 saturated carbocycles. The highest BCUT2D eigenvalue weighted by Crippen LogP contribution is 2.15. The maximum Gasteiger partial charge on any atom is 0.0759 e. The summed E-state index contributed by atoms with van der Waals surface area (Å²) in [6.45, 7) is 4.66. The van der Waals surface area contributed by atoms with Crippen molar-refractivity contribution < 1.29 is 0 Å². The first-order valence-electron chi connectivity index (χ1n) is 4.10. The predicted octanol–water partition coefficient (Wildman–Crippen LogP) is 2.43. The zero-order valence-corrected chi connectivity index (χ0v) is 7.93. The molecule has 1 radical (unpaired) electrons. The van der Waals surface area contributed by atoms with E-state index in [2.05, 4.69) is 37.0 Å². The van der Waals surface area contributed by atoms with Gasteiger partial charge in [0.15, 0.2) is 0 Å². The molecule has 0 bridgehead atoms. The zero-order chi connectivity index (χ0) is 8.81. The average Bonchev–Trinajstić information content (AvgIpc) is 2.15. The van der Waals surface area contributed by atoms with E-state index in [4.69, 9.17) is 0 Å². The van der Waals surface area contributed by atoms with E-state index >= 15 is 0 Å². The summed E-state index contributed by atoms with van der Waals surface area (Å²) < 4.78 is 0. The van der Waals surface area contributed by atoms with Crippen LogP contribution in [0.4, 0.5) is 0 Å². The van der Waals surface area contributed by atoms with Gasteiger partial charge < -0.3 is 5.32 Å². The van der Waals surface area contributed by atoms with E-state index in [1.165, 1.54) is 5.56 Å². The molecule has 0 spiro atoms. The van der Waals surface area contributed by atoms with Gasteiger partial charge in [-0.25, -0.2) is 0 Å². The molecular formula is C10H14NS. The Morgan fingerprint density at radius 1 is 1.33 bits per heavy atom. The summed E-state index contributed by atoms with van der Waals surface area (Å²) in [7, 11) is 0. The van der Waals surface area contributed by atoms with Crippen molar-refractivity contribution in [3.8, 4) is 0 Å². The SMILES string of the molecule is [CH2]CCNC(S)c1ccccc1. The third-order valence-corrected chi connectivity index (χ3v) is 2.11. The van der Waals surface area contributed by atoms with Crippen LogP contribution in [0.1, 0.15) is 17.4 Å². The zero-order valence-electron chi connectivity index (χ0n) is 7.03. The van der Waals surface area contributed by atoms with Crippen molar-refractivity contribution in [1.82, 2.24) is 5.32 Å². The first-order valence-corrected chi connectivity index (χ1v) is 4.62.